The zero-order chi connectivity index (χ0) is 17.3. The number of carbonyl (C=O) groups is 3. The number of nitrogens with zero attached hydrogens (tertiary/aromatic N) is 2. The largest absolute Gasteiger partial charge is 0.329 e. The Hall–Kier alpha value is -2.25. The van der Waals surface area contributed by atoms with E-state index in [1.165, 1.54) is 0 Å². The number of fused-ring (bicyclic) bond motifs is 1. The molecule has 24 heavy (non-hydrogen) atoms. The molecule has 1 atom stereocenters. The summed E-state index contributed by atoms with van der Waals surface area (Å²) >= 11 is 0. The zero-order valence-corrected chi connectivity index (χ0v) is 13.7. The number of nitrogens with one attached hydrogen (secondary N) is 1. The van der Waals surface area contributed by atoms with Gasteiger partial charge < -0.3 is 15.5 Å². The lowest BCUT2D eigenvalue weighted by atomic mass is 10.0. The first-order valence-corrected chi connectivity index (χ1v) is 8.14. The summed E-state index contributed by atoms with van der Waals surface area (Å²) in [5.74, 6) is -0.790. The van der Waals surface area contributed by atoms with E-state index >= 15 is 0 Å². The normalized spacial score (nSPS) is 20.5. The standard InChI is InChI=1S/C17H22N4O3/c1-20(7-6-18)9-11-2-3-13-12(8-11)10-21(17(13)24)14-4-5-15(22)19-16(14)23/h2-3,8,14H,4-7,9-10,18H2,1H3,(H,19,22,23). The number of carbonyl (C=O) groups excluding carboxylic acids is 3. The maximum atomic E-state index is 12.6. The van der Waals surface area contributed by atoms with Crippen LogP contribution in [0.5, 0.6) is 0 Å². The summed E-state index contributed by atoms with van der Waals surface area (Å²) < 4.78 is 0. The van der Waals surface area contributed by atoms with Crippen LogP contribution < -0.4 is 11.1 Å². The van der Waals surface area contributed by atoms with Crippen LogP contribution in [0.15, 0.2) is 18.2 Å². The van der Waals surface area contributed by atoms with Gasteiger partial charge in [-0.25, -0.2) is 0 Å². The molecule has 0 radical (unpaired) electrons. The number of likely N-dealkylation sites (N-methyl/N-ethyl adjacent to an activating group) is 1. The van der Waals surface area contributed by atoms with Crippen LogP contribution in [-0.4, -0.2) is 53.7 Å². The van der Waals surface area contributed by atoms with Crippen molar-refractivity contribution < 1.29 is 14.4 Å². The average Bonchev–Trinajstić information content (AvgIpc) is 2.84. The third-order valence-corrected chi connectivity index (χ3v) is 4.55. The van der Waals surface area contributed by atoms with Crippen LogP contribution in [0.4, 0.5) is 0 Å². The summed E-state index contributed by atoms with van der Waals surface area (Å²) in [6.45, 7) is 2.58. The van der Waals surface area contributed by atoms with Gasteiger partial charge in [-0.3, -0.25) is 19.7 Å². The van der Waals surface area contributed by atoms with E-state index in [9.17, 15) is 14.4 Å². The number of nitrogens with two attached hydrogens (primary N) is 1. The van der Waals surface area contributed by atoms with Gasteiger partial charge in [0.2, 0.25) is 11.8 Å². The number of rotatable bonds is 5. The second-order valence-electron chi connectivity index (χ2n) is 6.42. The second kappa shape index (κ2) is 6.70. The minimum Gasteiger partial charge on any atom is -0.329 e. The van der Waals surface area contributed by atoms with Crippen LogP contribution in [-0.2, 0) is 22.7 Å². The van der Waals surface area contributed by atoms with Crippen molar-refractivity contribution in [3.63, 3.8) is 0 Å². The summed E-state index contributed by atoms with van der Waals surface area (Å²) in [5, 5.41) is 2.31. The summed E-state index contributed by atoms with van der Waals surface area (Å²) in [4.78, 5) is 39.6. The maximum Gasteiger partial charge on any atom is 0.255 e. The van der Waals surface area contributed by atoms with Gasteiger partial charge in [-0.05, 0) is 30.7 Å². The Morgan fingerprint density at radius 1 is 1.33 bits per heavy atom. The lowest BCUT2D eigenvalue weighted by molar-refractivity contribution is -0.136. The highest BCUT2D eigenvalue weighted by atomic mass is 16.2. The second-order valence-corrected chi connectivity index (χ2v) is 6.42. The summed E-state index contributed by atoms with van der Waals surface area (Å²) in [7, 11) is 2.00. The van der Waals surface area contributed by atoms with Crippen LogP contribution >= 0.6 is 0 Å². The molecule has 128 valence electrons. The van der Waals surface area contributed by atoms with Crippen molar-refractivity contribution in [2.45, 2.75) is 32.0 Å². The first kappa shape index (κ1) is 16.6. The summed E-state index contributed by atoms with van der Waals surface area (Å²) in [6.07, 6.45) is 0.655. The van der Waals surface area contributed by atoms with Gasteiger partial charge >= 0.3 is 0 Å². The number of amides is 3. The molecule has 0 saturated carbocycles. The van der Waals surface area contributed by atoms with Crippen molar-refractivity contribution in [1.82, 2.24) is 15.1 Å². The maximum absolute atomic E-state index is 12.6. The van der Waals surface area contributed by atoms with E-state index in [4.69, 9.17) is 5.73 Å². The molecule has 2 heterocycles. The van der Waals surface area contributed by atoms with Crippen molar-refractivity contribution in [3.8, 4) is 0 Å². The first-order valence-electron chi connectivity index (χ1n) is 8.14. The van der Waals surface area contributed by atoms with E-state index in [1.54, 1.807) is 4.90 Å². The molecule has 1 aromatic rings. The predicted molar refractivity (Wildman–Crippen MR) is 87.9 cm³/mol. The van der Waals surface area contributed by atoms with E-state index in [2.05, 4.69) is 10.2 Å². The van der Waals surface area contributed by atoms with Crippen molar-refractivity contribution >= 4 is 17.7 Å². The molecular weight excluding hydrogens is 308 g/mol. The molecule has 1 aromatic carbocycles. The Bertz CT molecular complexity index is 688. The van der Waals surface area contributed by atoms with E-state index < -0.39 is 6.04 Å². The van der Waals surface area contributed by atoms with Gasteiger partial charge in [0, 0.05) is 38.2 Å². The fourth-order valence-electron chi connectivity index (χ4n) is 3.34. The molecule has 0 aliphatic carbocycles. The Morgan fingerprint density at radius 2 is 2.12 bits per heavy atom. The van der Waals surface area contributed by atoms with Crippen molar-refractivity contribution in [1.29, 1.82) is 0 Å². The quantitative estimate of drug-likeness (QED) is 0.731. The molecule has 1 fully saturated rings. The van der Waals surface area contributed by atoms with E-state index in [-0.39, 0.29) is 24.1 Å². The molecule has 7 heteroatoms. The summed E-state index contributed by atoms with van der Waals surface area (Å²) in [5.41, 5.74) is 8.25. The molecule has 1 saturated heterocycles. The van der Waals surface area contributed by atoms with Gasteiger partial charge in [0.15, 0.2) is 0 Å². The van der Waals surface area contributed by atoms with Crippen LogP contribution in [0, 0.1) is 0 Å². The predicted octanol–water partition coefficient (Wildman–Crippen LogP) is -0.162. The van der Waals surface area contributed by atoms with Gasteiger partial charge in [0.25, 0.3) is 5.91 Å². The topological polar surface area (TPSA) is 95.7 Å². The molecule has 2 aliphatic rings. The van der Waals surface area contributed by atoms with Gasteiger partial charge in [-0.1, -0.05) is 12.1 Å². The Balaban J connectivity index is 1.75. The smallest absolute Gasteiger partial charge is 0.255 e. The SMILES string of the molecule is CN(CCN)Cc1ccc2c(c1)CN(C1CCC(=O)NC1=O)C2=O. The molecule has 7 nitrogen and oxygen atoms in total. The molecule has 1 unspecified atom stereocenters. The fraction of sp³-hybridized carbons (Fsp3) is 0.471. The Kier molecular flexibility index (Phi) is 4.64. The highest BCUT2D eigenvalue weighted by Gasteiger charge is 2.38. The molecule has 0 bridgehead atoms. The highest BCUT2D eigenvalue weighted by Crippen LogP contribution is 2.28. The van der Waals surface area contributed by atoms with Crippen molar-refractivity contribution in [3.05, 3.63) is 34.9 Å². The van der Waals surface area contributed by atoms with Crippen LogP contribution in [0.25, 0.3) is 0 Å². The highest BCUT2D eigenvalue weighted by molar-refractivity contribution is 6.05. The third kappa shape index (κ3) is 3.18. The summed E-state index contributed by atoms with van der Waals surface area (Å²) in [6, 6.07) is 5.23. The molecule has 3 N–H and O–H groups in total. The Labute approximate surface area is 140 Å². The van der Waals surface area contributed by atoms with Crippen LogP contribution in [0.2, 0.25) is 0 Å². The molecule has 3 amide bonds. The molecule has 0 aromatic heterocycles. The molecule has 3 rings (SSSR count). The van der Waals surface area contributed by atoms with Crippen LogP contribution in [0.3, 0.4) is 0 Å². The molecule has 2 aliphatic heterocycles. The zero-order valence-electron chi connectivity index (χ0n) is 13.7. The van der Waals surface area contributed by atoms with Crippen molar-refractivity contribution in [2.75, 3.05) is 20.1 Å². The number of hydrogen-bond acceptors (Lipinski definition) is 5. The van der Waals surface area contributed by atoms with E-state index in [1.807, 2.05) is 25.2 Å². The monoisotopic (exact) mass is 330 g/mol. The number of hydrogen-bond donors (Lipinski definition) is 2. The van der Waals surface area contributed by atoms with Gasteiger partial charge in [-0.2, -0.15) is 0 Å². The third-order valence-electron chi connectivity index (χ3n) is 4.55. The Morgan fingerprint density at radius 3 is 2.83 bits per heavy atom. The fourth-order valence-corrected chi connectivity index (χ4v) is 3.34. The lowest BCUT2D eigenvalue weighted by Crippen LogP contribution is -2.52. The van der Waals surface area contributed by atoms with Crippen molar-refractivity contribution in [2.24, 2.45) is 5.73 Å². The number of piperidine rings is 1. The van der Waals surface area contributed by atoms with Gasteiger partial charge in [-0.15, -0.1) is 0 Å². The number of imide groups is 1. The molecular formula is C17H22N4O3. The average molecular weight is 330 g/mol. The van der Waals surface area contributed by atoms with Gasteiger partial charge in [0.05, 0.1) is 0 Å². The number of benzene rings is 1. The lowest BCUT2D eigenvalue weighted by Gasteiger charge is -2.29. The minimum atomic E-state index is -0.564. The minimum absolute atomic E-state index is 0.138. The van der Waals surface area contributed by atoms with Crippen LogP contribution in [0.1, 0.15) is 34.3 Å². The molecule has 0 spiro atoms. The first-order chi connectivity index (χ1) is 11.5. The van der Waals surface area contributed by atoms with Gasteiger partial charge in [0.1, 0.15) is 6.04 Å². The van der Waals surface area contributed by atoms with E-state index in [0.29, 0.717) is 25.1 Å². The van der Waals surface area contributed by atoms with E-state index in [0.717, 1.165) is 24.2 Å².